The van der Waals surface area contributed by atoms with E-state index in [1.165, 1.54) is 0 Å². The van der Waals surface area contributed by atoms with Gasteiger partial charge in [0.25, 0.3) is 0 Å². The Bertz CT molecular complexity index is 811. The molecule has 116 valence electrons. The molecule has 23 heavy (non-hydrogen) atoms. The molecule has 0 fully saturated rings. The second-order valence-corrected chi connectivity index (χ2v) is 5.34. The number of hydrogen-bond donors (Lipinski definition) is 0. The molecular weight excluding hydrogens is 312 g/mol. The van der Waals surface area contributed by atoms with E-state index in [4.69, 9.17) is 16.3 Å². The lowest BCUT2D eigenvalue weighted by Gasteiger charge is -2.02. The van der Waals surface area contributed by atoms with E-state index in [0.717, 1.165) is 11.3 Å². The van der Waals surface area contributed by atoms with Crippen LogP contribution in [-0.4, -0.2) is 22.4 Å². The van der Waals surface area contributed by atoms with Crippen LogP contribution in [0.5, 0.6) is 0 Å². The Kier molecular flexibility index (Phi) is 4.44. The number of carbonyl (C=O) groups excluding carboxylic acids is 1. The zero-order valence-electron chi connectivity index (χ0n) is 12.6. The first-order valence-corrected chi connectivity index (χ1v) is 7.65. The number of esters is 1. The number of ether oxygens (including phenoxy) is 1. The van der Waals surface area contributed by atoms with E-state index in [-0.39, 0.29) is 5.97 Å². The predicted molar refractivity (Wildman–Crippen MR) is 90.0 cm³/mol. The highest BCUT2D eigenvalue weighted by atomic mass is 35.5. The average molecular weight is 327 g/mol. The van der Waals surface area contributed by atoms with Crippen molar-refractivity contribution in [3.8, 4) is 16.9 Å². The van der Waals surface area contributed by atoms with E-state index in [2.05, 4.69) is 5.10 Å². The number of rotatable bonds is 4. The molecule has 5 heteroatoms. The maximum Gasteiger partial charge on any atom is 0.342 e. The standard InChI is InChI=1S/C18H15ClN2O2/c1-2-23-18(22)16-12-21(15-10-8-14(19)9-11-15)20-17(16)13-6-4-3-5-7-13/h3-12H,2H2,1H3. The van der Waals surface area contributed by atoms with Gasteiger partial charge < -0.3 is 4.74 Å². The molecule has 0 aliphatic carbocycles. The summed E-state index contributed by atoms with van der Waals surface area (Å²) in [5, 5.41) is 5.20. The summed E-state index contributed by atoms with van der Waals surface area (Å²) in [6.45, 7) is 2.10. The summed E-state index contributed by atoms with van der Waals surface area (Å²) in [6, 6.07) is 16.8. The lowest BCUT2D eigenvalue weighted by Crippen LogP contribution is -2.04. The fourth-order valence-corrected chi connectivity index (χ4v) is 2.39. The van der Waals surface area contributed by atoms with Crippen LogP contribution in [0.2, 0.25) is 5.02 Å². The Morgan fingerprint density at radius 3 is 2.48 bits per heavy atom. The van der Waals surface area contributed by atoms with Crippen molar-refractivity contribution >= 4 is 17.6 Å². The van der Waals surface area contributed by atoms with Crippen LogP contribution in [0.25, 0.3) is 16.9 Å². The van der Waals surface area contributed by atoms with Gasteiger partial charge in [0.05, 0.1) is 12.3 Å². The molecule has 0 aliphatic rings. The third-order valence-electron chi connectivity index (χ3n) is 3.35. The maximum atomic E-state index is 12.2. The molecule has 0 radical (unpaired) electrons. The molecule has 0 amide bonds. The third kappa shape index (κ3) is 3.27. The molecular formula is C18H15ClN2O2. The second kappa shape index (κ2) is 6.67. The van der Waals surface area contributed by atoms with Gasteiger partial charge in [0, 0.05) is 16.8 Å². The van der Waals surface area contributed by atoms with Gasteiger partial charge in [0.1, 0.15) is 11.3 Å². The van der Waals surface area contributed by atoms with Gasteiger partial charge in [0.15, 0.2) is 0 Å². The Morgan fingerprint density at radius 2 is 1.83 bits per heavy atom. The van der Waals surface area contributed by atoms with Gasteiger partial charge in [-0.1, -0.05) is 41.9 Å². The molecule has 4 nitrogen and oxygen atoms in total. The monoisotopic (exact) mass is 326 g/mol. The molecule has 0 spiro atoms. The summed E-state index contributed by atoms with van der Waals surface area (Å²) in [6.07, 6.45) is 1.68. The first-order valence-electron chi connectivity index (χ1n) is 7.27. The number of benzene rings is 2. The van der Waals surface area contributed by atoms with Crippen LogP contribution in [0.15, 0.2) is 60.8 Å². The van der Waals surface area contributed by atoms with Crippen LogP contribution in [0, 0.1) is 0 Å². The van der Waals surface area contributed by atoms with Crippen molar-refractivity contribution in [3.05, 3.63) is 71.4 Å². The smallest absolute Gasteiger partial charge is 0.342 e. The van der Waals surface area contributed by atoms with Crippen LogP contribution in [0.4, 0.5) is 0 Å². The highest BCUT2D eigenvalue weighted by Crippen LogP contribution is 2.24. The van der Waals surface area contributed by atoms with Crippen molar-refractivity contribution in [2.24, 2.45) is 0 Å². The van der Waals surface area contributed by atoms with Crippen molar-refractivity contribution in [1.29, 1.82) is 0 Å². The van der Waals surface area contributed by atoms with Crippen molar-refractivity contribution < 1.29 is 9.53 Å². The van der Waals surface area contributed by atoms with Crippen LogP contribution in [0.1, 0.15) is 17.3 Å². The predicted octanol–water partition coefficient (Wildman–Crippen LogP) is 4.37. The maximum absolute atomic E-state index is 12.2. The number of halogens is 1. The van der Waals surface area contributed by atoms with Crippen molar-refractivity contribution in [3.63, 3.8) is 0 Å². The number of aromatic nitrogens is 2. The molecule has 3 aromatic rings. The van der Waals surface area contributed by atoms with E-state index in [9.17, 15) is 4.79 Å². The molecule has 0 N–H and O–H groups in total. The van der Waals surface area contributed by atoms with Gasteiger partial charge in [-0.3, -0.25) is 0 Å². The lowest BCUT2D eigenvalue weighted by atomic mass is 10.1. The molecule has 0 aliphatic heterocycles. The molecule has 0 atom stereocenters. The molecule has 3 rings (SSSR count). The van der Waals surface area contributed by atoms with Crippen LogP contribution < -0.4 is 0 Å². The Balaban J connectivity index is 2.10. The summed E-state index contributed by atoms with van der Waals surface area (Å²) in [5.41, 5.74) is 2.72. The van der Waals surface area contributed by atoms with E-state index in [0.29, 0.717) is 22.9 Å². The van der Waals surface area contributed by atoms with Gasteiger partial charge >= 0.3 is 5.97 Å². The van der Waals surface area contributed by atoms with Gasteiger partial charge in [-0.25, -0.2) is 9.48 Å². The minimum atomic E-state index is -0.383. The molecule has 2 aromatic carbocycles. The Hall–Kier alpha value is -2.59. The zero-order chi connectivity index (χ0) is 16.2. The molecule has 0 bridgehead atoms. The minimum absolute atomic E-state index is 0.319. The normalized spacial score (nSPS) is 10.5. The van der Waals surface area contributed by atoms with Crippen molar-refractivity contribution in [2.75, 3.05) is 6.61 Å². The summed E-state index contributed by atoms with van der Waals surface area (Å²) in [7, 11) is 0. The molecule has 1 heterocycles. The lowest BCUT2D eigenvalue weighted by molar-refractivity contribution is 0.0527. The van der Waals surface area contributed by atoms with Gasteiger partial charge in [-0.2, -0.15) is 5.10 Å². The number of nitrogens with zero attached hydrogens (tertiary/aromatic N) is 2. The van der Waals surface area contributed by atoms with Gasteiger partial charge in [0.2, 0.25) is 0 Å². The summed E-state index contributed by atoms with van der Waals surface area (Å²) in [5.74, 6) is -0.383. The Labute approximate surface area is 139 Å². The highest BCUT2D eigenvalue weighted by Gasteiger charge is 2.19. The largest absolute Gasteiger partial charge is 0.462 e. The zero-order valence-corrected chi connectivity index (χ0v) is 13.3. The third-order valence-corrected chi connectivity index (χ3v) is 3.60. The first kappa shape index (κ1) is 15.3. The van der Waals surface area contributed by atoms with Gasteiger partial charge in [-0.15, -0.1) is 0 Å². The van der Waals surface area contributed by atoms with Crippen LogP contribution >= 0.6 is 11.6 Å². The number of hydrogen-bond acceptors (Lipinski definition) is 3. The molecule has 1 aromatic heterocycles. The average Bonchev–Trinajstić information content (AvgIpc) is 3.02. The van der Waals surface area contributed by atoms with E-state index in [1.54, 1.807) is 29.9 Å². The summed E-state index contributed by atoms with van der Waals surface area (Å²) in [4.78, 5) is 12.2. The fraction of sp³-hybridized carbons (Fsp3) is 0.111. The molecule has 0 unspecified atom stereocenters. The summed E-state index contributed by atoms with van der Waals surface area (Å²) >= 11 is 5.92. The second-order valence-electron chi connectivity index (χ2n) is 4.90. The first-order chi connectivity index (χ1) is 11.2. The van der Waals surface area contributed by atoms with E-state index >= 15 is 0 Å². The summed E-state index contributed by atoms with van der Waals surface area (Å²) < 4.78 is 6.80. The SMILES string of the molecule is CCOC(=O)c1cn(-c2ccc(Cl)cc2)nc1-c1ccccc1. The van der Waals surface area contributed by atoms with Crippen LogP contribution in [0.3, 0.4) is 0 Å². The van der Waals surface area contributed by atoms with Gasteiger partial charge in [-0.05, 0) is 31.2 Å². The van der Waals surface area contributed by atoms with E-state index in [1.807, 2.05) is 42.5 Å². The molecule has 0 saturated carbocycles. The highest BCUT2D eigenvalue weighted by molar-refractivity contribution is 6.30. The minimum Gasteiger partial charge on any atom is -0.462 e. The quantitative estimate of drug-likeness (QED) is 0.669. The van der Waals surface area contributed by atoms with Crippen LogP contribution in [-0.2, 0) is 4.74 Å². The van der Waals surface area contributed by atoms with E-state index < -0.39 is 0 Å². The Morgan fingerprint density at radius 1 is 1.13 bits per heavy atom. The number of carbonyl (C=O) groups is 1. The van der Waals surface area contributed by atoms with Crippen molar-refractivity contribution in [1.82, 2.24) is 9.78 Å². The topological polar surface area (TPSA) is 44.1 Å². The van der Waals surface area contributed by atoms with Crippen molar-refractivity contribution in [2.45, 2.75) is 6.92 Å². The molecule has 0 saturated heterocycles. The fourth-order valence-electron chi connectivity index (χ4n) is 2.27.